The Morgan fingerprint density at radius 3 is 2.19 bits per heavy atom. The molecule has 0 aromatic heterocycles. The Labute approximate surface area is 136 Å². The number of nitrogens with one attached hydrogen (secondary N) is 2. The Bertz CT molecular complexity index is 395. The number of thiol groups is 1. The predicted molar refractivity (Wildman–Crippen MR) is 71.3 cm³/mol. The Morgan fingerprint density at radius 1 is 1.19 bits per heavy atom. The normalized spacial score (nSPS) is 12.5. The summed E-state index contributed by atoms with van der Waals surface area (Å²) < 4.78 is 0. The standard InChI is InChI=1S/C10H17N3O6S.Ni/c11-5(10(18)19)1-2-7(14)13-6(4-20)9(17)12-3-8(15)16;/h5-6,20H,1-4,11H2,(H,12,17)(H,13,14)(H,15,16)(H,18,19);. The molecule has 0 saturated carbocycles. The second-order valence-corrected chi connectivity index (χ2v) is 4.26. The zero-order valence-corrected chi connectivity index (χ0v) is 12.7. The number of carbonyl (C=O) groups is 4. The molecule has 0 fully saturated rings. The van der Waals surface area contributed by atoms with Crippen molar-refractivity contribution in [3.8, 4) is 0 Å². The van der Waals surface area contributed by atoms with Crippen LogP contribution in [0.4, 0.5) is 0 Å². The molecule has 0 bridgehead atoms. The quantitative estimate of drug-likeness (QED) is 0.199. The Balaban J connectivity index is 0. The van der Waals surface area contributed by atoms with Crippen molar-refractivity contribution in [1.82, 2.24) is 10.6 Å². The summed E-state index contributed by atoms with van der Waals surface area (Å²) in [6.45, 7) is -0.567. The monoisotopic (exact) mass is 365 g/mol. The third-order valence-electron chi connectivity index (χ3n) is 2.25. The van der Waals surface area contributed by atoms with Crippen molar-refractivity contribution >= 4 is 36.4 Å². The maximum Gasteiger partial charge on any atom is 0.322 e. The first kappa shape index (κ1) is 22.0. The van der Waals surface area contributed by atoms with E-state index in [-0.39, 0.29) is 35.1 Å². The summed E-state index contributed by atoms with van der Waals surface area (Å²) in [6.07, 6.45) is -0.235. The molecule has 0 radical (unpaired) electrons. The first-order valence-corrected chi connectivity index (χ1v) is 6.29. The van der Waals surface area contributed by atoms with Gasteiger partial charge in [-0.2, -0.15) is 12.6 Å². The Hall–Kier alpha value is -1.32. The van der Waals surface area contributed by atoms with E-state index in [9.17, 15) is 19.2 Å². The van der Waals surface area contributed by atoms with Crippen LogP contribution < -0.4 is 16.4 Å². The maximum atomic E-state index is 11.5. The molecule has 0 heterocycles. The van der Waals surface area contributed by atoms with Gasteiger partial charge in [-0.25, -0.2) is 0 Å². The van der Waals surface area contributed by atoms with Gasteiger partial charge in [0.2, 0.25) is 11.8 Å². The molecule has 0 aromatic rings. The van der Waals surface area contributed by atoms with E-state index in [4.69, 9.17) is 15.9 Å². The molecule has 2 unspecified atom stereocenters. The van der Waals surface area contributed by atoms with Crippen molar-refractivity contribution < 1.29 is 45.9 Å². The van der Waals surface area contributed by atoms with Gasteiger partial charge in [0.25, 0.3) is 0 Å². The van der Waals surface area contributed by atoms with Crippen LogP contribution in [0.5, 0.6) is 0 Å². The zero-order valence-electron chi connectivity index (χ0n) is 10.9. The summed E-state index contributed by atoms with van der Waals surface area (Å²) in [5.41, 5.74) is 5.23. The summed E-state index contributed by atoms with van der Waals surface area (Å²) in [6, 6.07) is -2.15. The largest absolute Gasteiger partial charge is 0.480 e. The number of hydrogen-bond donors (Lipinski definition) is 6. The van der Waals surface area contributed by atoms with E-state index in [0.29, 0.717) is 0 Å². The minimum Gasteiger partial charge on any atom is -0.480 e. The van der Waals surface area contributed by atoms with Crippen molar-refractivity contribution in [3.05, 3.63) is 0 Å². The van der Waals surface area contributed by atoms with Crippen molar-refractivity contribution in [2.45, 2.75) is 24.9 Å². The Morgan fingerprint density at radius 2 is 1.76 bits per heavy atom. The number of nitrogens with two attached hydrogens (primary N) is 1. The fourth-order valence-electron chi connectivity index (χ4n) is 1.16. The average molecular weight is 366 g/mol. The van der Waals surface area contributed by atoms with Gasteiger partial charge in [0.05, 0.1) is 0 Å². The van der Waals surface area contributed by atoms with E-state index in [1.165, 1.54) is 0 Å². The molecule has 2 amide bonds. The van der Waals surface area contributed by atoms with E-state index >= 15 is 0 Å². The van der Waals surface area contributed by atoms with Crippen LogP contribution in [-0.2, 0) is 35.7 Å². The van der Waals surface area contributed by atoms with Crippen LogP contribution in [0.25, 0.3) is 0 Å². The van der Waals surface area contributed by atoms with Crippen molar-refractivity contribution in [2.75, 3.05) is 12.3 Å². The topological polar surface area (TPSA) is 159 Å². The summed E-state index contributed by atoms with van der Waals surface area (Å²) >= 11 is 3.87. The van der Waals surface area contributed by atoms with Gasteiger partial charge in [0.1, 0.15) is 18.6 Å². The summed E-state index contributed by atoms with van der Waals surface area (Å²) in [4.78, 5) is 43.7. The molecule has 0 aromatic carbocycles. The number of aliphatic carboxylic acids is 2. The van der Waals surface area contributed by atoms with Crippen LogP contribution in [0.3, 0.4) is 0 Å². The van der Waals surface area contributed by atoms with Crippen molar-refractivity contribution in [1.29, 1.82) is 0 Å². The predicted octanol–water partition coefficient (Wildman–Crippen LogP) is -2.21. The first-order valence-electron chi connectivity index (χ1n) is 5.66. The van der Waals surface area contributed by atoms with Crippen LogP contribution in [-0.4, -0.2) is 58.3 Å². The molecule has 21 heavy (non-hydrogen) atoms. The molecule has 2 atom stereocenters. The van der Waals surface area contributed by atoms with Crippen LogP contribution >= 0.6 is 12.6 Å². The minimum absolute atomic E-state index is 0. The van der Waals surface area contributed by atoms with Gasteiger partial charge in [0, 0.05) is 28.7 Å². The van der Waals surface area contributed by atoms with E-state index in [1.807, 2.05) is 0 Å². The molecule has 0 aliphatic carbocycles. The minimum atomic E-state index is -1.22. The van der Waals surface area contributed by atoms with E-state index < -0.39 is 42.4 Å². The molecule has 9 nitrogen and oxygen atoms in total. The van der Waals surface area contributed by atoms with Gasteiger partial charge < -0.3 is 26.6 Å². The van der Waals surface area contributed by atoms with E-state index in [0.717, 1.165) is 0 Å². The van der Waals surface area contributed by atoms with Gasteiger partial charge in [-0.3, -0.25) is 19.2 Å². The molecular formula is C10H17N3NiO6S. The van der Waals surface area contributed by atoms with E-state index in [1.54, 1.807) is 0 Å². The smallest absolute Gasteiger partial charge is 0.322 e. The molecule has 0 aliphatic rings. The molecule has 124 valence electrons. The zero-order chi connectivity index (χ0) is 15.7. The average Bonchev–Trinajstić information content (AvgIpc) is 2.38. The van der Waals surface area contributed by atoms with E-state index in [2.05, 4.69) is 23.3 Å². The number of carboxylic acids is 2. The van der Waals surface area contributed by atoms with Crippen LogP contribution in [0, 0.1) is 0 Å². The third-order valence-corrected chi connectivity index (χ3v) is 2.61. The van der Waals surface area contributed by atoms with Gasteiger partial charge in [-0.1, -0.05) is 0 Å². The Kier molecular flexibility index (Phi) is 11.9. The molecule has 0 rings (SSSR count). The molecule has 0 spiro atoms. The molecule has 11 heteroatoms. The van der Waals surface area contributed by atoms with Gasteiger partial charge >= 0.3 is 11.9 Å². The summed E-state index contributed by atoms with van der Waals surface area (Å²) in [5, 5.41) is 21.4. The number of rotatable bonds is 9. The number of hydrogen-bond acceptors (Lipinski definition) is 6. The molecular weight excluding hydrogens is 349 g/mol. The van der Waals surface area contributed by atoms with Gasteiger partial charge in [-0.05, 0) is 6.42 Å². The first-order chi connectivity index (χ1) is 9.27. The maximum absolute atomic E-state index is 11.5. The third kappa shape index (κ3) is 10.1. The van der Waals surface area contributed by atoms with Crippen molar-refractivity contribution in [2.24, 2.45) is 5.73 Å². The second-order valence-electron chi connectivity index (χ2n) is 3.90. The number of carbonyl (C=O) groups excluding carboxylic acids is 2. The van der Waals surface area contributed by atoms with Crippen LogP contribution in [0.15, 0.2) is 0 Å². The number of carboxylic acid groups (broad SMARTS) is 2. The van der Waals surface area contributed by atoms with Crippen molar-refractivity contribution in [3.63, 3.8) is 0 Å². The van der Waals surface area contributed by atoms with Crippen LogP contribution in [0.2, 0.25) is 0 Å². The van der Waals surface area contributed by atoms with Gasteiger partial charge in [0.15, 0.2) is 0 Å². The number of amides is 2. The molecule has 6 N–H and O–H groups in total. The summed E-state index contributed by atoms with van der Waals surface area (Å²) in [7, 11) is 0. The fraction of sp³-hybridized carbons (Fsp3) is 0.600. The fourth-order valence-corrected chi connectivity index (χ4v) is 1.41. The van der Waals surface area contributed by atoms with Crippen LogP contribution in [0.1, 0.15) is 12.8 Å². The second kappa shape index (κ2) is 11.4. The molecule has 0 aliphatic heterocycles. The molecule has 0 saturated heterocycles. The SMILES string of the molecule is NC(CCC(=O)NC(CS)C(=O)NCC(=O)O)C(=O)O.[Ni]. The summed E-state index contributed by atoms with van der Waals surface area (Å²) in [5.74, 6) is -3.70. The van der Waals surface area contributed by atoms with Gasteiger partial charge in [-0.15, -0.1) is 0 Å².